The highest BCUT2D eigenvalue weighted by atomic mass is 16.4. The molecule has 1 atom stereocenters. The molecule has 0 radical (unpaired) electrons. The van der Waals surface area contributed by atoms with E-state index in [2.05, 4.69) is 10.3 Å². The number of nitrogens with one attached hydrogen (secondary N) is 1. The summed E-state index contributed by atoms with van der Waals surface area (Å²) in [6.45, 7) is 1.17. The molecule has 0 aliphatic carbocycles. The molecule has 0 bridgehead atoms. The Morgan fingerprint density at radius 3 is 2.42 bits per heavy atom. The van der Waals surface area contributed by atoms with Crippen LogP contribution in [0, 0.1) is 5.92 Å². The predicted molar refractivity (Wildman–Crippen MR) is 91.6 cm³/mol. The SMILES string of the molecule is C[C@@H](CN1C(=O)NC(=Cc2ccc(C(=O)N=C(N)N)cc2)C1=O)C(=O)O. The summed E-state index contributed by atoms with van der Waals surface area (Å²) in [5.74, 6) is -3.57. The molecule has 2 rings (SSSR count). The van der Waals surface area contributed by atoms with Gasteiger partial charge >= 0.3 is 12.0 Å². The highest BCUT2D eigenvalue weighted by molar-refractivity contribution is 6.14. The molecule has 1 aromatic carbocycles. The Hall–Kier alpha value is -3.69. The number of hydrogen-bond donors (Lipinski definition) is 4. The number of aliphatic carboxylic acids is 1. The van der Waals surface area contributed by atoms with Gasteiger partial charge in [-0.2, -0.15) is 4.99 Å². The lowest BCUT2D eigenvalue weighted by Crippen LogP contribution is -2.36. The third kappa shape index (κ3) is 4.23. The number of hydrogen-bond acceptors (Lipinski definition) is 4. The Bertz CT molecular complexity index is 824. The van der Waals surface area contributed by atoms with E-state index < -0.39 is 29.7 Å². The molecule has 1 heterocycles. The second-order valence-corrected chi connectivity index (χ2v) is 5.61. The highest BCUT2D eigenvalue weighted by Gasteiger charge is 2.35. The number of carbonyl (C=O) groups is 4. The van der Waals surface area contributed by atoms with Crippen molar-refractivity contribution in [3.8, 4) is 0 Å². The molecule has 136 valence electrons. The van der Waals surface area contributed by atoms with Crippen LogP contribution in [0.3, 0.4) is 0 Å². The maximum atomic E-state index is 12.3. The monoisotopic (exact) mass is 359 g/mol. The normalized spacial score (nSPS) is 16.3. The topological polar surface area (TPSA) is 168 Å². The minimum atomic E-state index is -1.11. The van der Waals surface area contributed by atoms with E-state index in [1.54, 1.807) is 12.1 Å². The number of amides is 4. The molecule has 1 aliphatic rings. The summed E-state index contributed by atoms with van der Waals surface area (Å²) in [7, 11) is 0. The molecular formula is C16H17N5O5. The van der Waals surface area contributed by atoms with Gasteiger partial charge in [-0.15, -0.1) is 0 Å². The van der Waals surface area contributed by atoms with Gasteiger partial charge in [0.1, 0.15) is 5.70 Å². The van der Waals surface area contributed by atoms with E-state index in [-0.39, 0.29) is 23.8 Å². The number of carboxylic acid groups (broad SMARTS) is 1. The van der Waals surface area contributed by atoms with Gasteiger partial charge in [0.05, 0.1) is 5.92 Å². The van der Waals surface area contributed by atoms with E-state index in [1.165, 1.54) is 25.1 Å². The minimum Gasteiger partial charge on any atom is -0.481 e. The van der Waals surface area contributed by atoms with Gasteiger partial charge in [0.15, 0.2) is 5.96 Å². The molecule has 0 spiro atoms. The van der Waals surface area contributed by atoms with Crippen molar-refractivity contribution in [1.82, 2.24) is 10.2 Å². The number of carbonyl (C=O) groups excluding carboxylic acids is 3. The Morgan fingerprint density at radius 1 is 1.27 bits per heavy atom. The largest absolute Gasteiger partial charge is 0.481 e. The number of imide groups is 1. The fourth-order valence-electron chi connectivity index (χ4n) is 2.16. The first kappa shape index (κ1) is 18.6. The lowest BCUT2D eigenvalue weighted by molar-refractivity contribution is -0.141. The van der Waals surface area contributed by atoms with Gasteiger partial charge in [-0.25, -0.2) is 4.79 Å². The minimum absolute atomic E-state index is 0.0101. The van der Waals surface area contributed by atoms with Gasteiger partial charge in [0.2, 0.25) is 0 Å². The second kappa shape index (κ2) is 7.47. The van der Waals surface area contributed by atoms with Crippen LogP contribution in [0.4, 0.5) is 4.79 Å². The zero-order valence-electron chi connectivity index (χ0n) is 13.8. The van der Waals surface area contributed by atoms with Crippen molar-refractivity contribution in [3.05, 3.63) is 41.1 Å². The summed E-state index contributed by atoms with van der Waals surface area (Å²) in [5, 5.41) is 11.3. The third-order valence-electron chi connectivity index (χ3n) is 3.54. The molecule has 4 amide bonds. The Kier molecular flexibility index (Phi) is 5.36. The summed E-state index contributed by atoms with van der Waals surface area (Å²) >= 11 is 0. The highest BCUT2D eigenvalue weighted by Crippen LogP contribution is 2.16. The van der Waals surface area contributed by atoms with Gasteiger partial charge in [-0.05, 0) is 23.8 Å². The molecule has 10 heteroatoms. The number of nitrogens with two attached hydrogens (primary N) is 2. The molecule has 6 N–H and O–H groups in total. The average Bonchev–Trinajstić information content (AvgIpc) is 2.82. The van der Waals surface area contributed by atoms with E-state index in [0.717, 1.165) is 4.90 Å². The van der Waals surface area contributed by atoms with E-state index in [0.29, 0.717) is 5.56 Å². The molecule has 1 saturated heterocycles. The van der Waals surface area contributed by atoms with Crippen molar-refractivity contribution in [2.24, 2.45) is 22.4 Å². The van der Waals surface area contributed by atoms with Crippen LogP contribution in [-0.4, -0.2) is 46.3 Å². The zero-order chi connectivity index (χ0) is 19.4. The Labute approximate surface area is 148 Å². The van der Waals surface area contributed by atoms with Gasteiger partial charge in [-0.3, -0.25) is 19.3 Å². The smallest absolute Gasteiger partial charge is 0.329 e. The van der Waals surface area contributed by atoms with Crippen molar-refractivity contribution in [2.75, 3.05) is 6.54 Å². The van der Waals surface area contributed by atoms with E-state index in [1.807, 2.05) is 0 Å². The zero-order valence-corrected chi connectivity index (χ0v) is 13.8. The summed E-state index contributed by atoms with van der Waals surface area (Å²) in [5.41, 5.74) is 11.1. The molecule has 0 aromatic heterocycles. The van der Waals surface area contributed by atoms with E-state index in [9.17, 15) is 19.2 Å². The maximum Gasteiger partial charge on any atom is 0.329 e. The molecule has 0 unspecified atom stereocenters. The van der Waals surface area contributed by atoms with Crippen molar-refractivity contribution in [1.29, 1.82) is 0 Å². The molecule has 1 aliphatic heterocycles. The summed E-state index contributed by atoms with van der Waals surface area (Å²) in [6, 6.07) is 5.34. The molecule has 10 nitrogen and oxygen atoms in total. The fraction of sp³-hybridized carbons (Fsp3) is 0.188. The summed E-state index contributed by atoms with van der Waals surface area (Å²) in [4.78, 5) is 50.9. The summed E-state index contributed by atoms with van der Waals surface area (Å²) < 4.78 is 0. The number of benzene rings is 1. The lowest BCUT2D eigenvalue weighted by atomic mass is 10.1. The van der Waals surface area contributed by atoms with E-state index in [4.69, 9.17) is 16.6 Å². The number of guanidine groups is 1. The second-order valence-electron chi connectivity index (χ2n) is 5.61. The maximum absolute atomic E-state index is 12.3. The van der Waals surface area contributed by atoms with Crippen LogP contribution in [-0.2, 0) is 9.59 Å². The first-order valence-corrected chi connectivity index (χ1v) is 7.50. The Morgan fingerprint density at radius 2 is 1.88 bits per heavy atom. The predicted octanol–water partition coefficient (Wildman–Crippen LogP) is -0.286. The molecule has 26 heavy (non-hydrogen) atoms. The van der Waals surface area contributed by atoms with Crippen molar-refractivity contribution in [2.45, 2.75) is 6.92 Å². The number of nitrogens with zero attached hydrogens (tertiary/aromatic N) is 2. The van der Waals surface area contributed by atoms with Crippen molar-refractivity contribution < 1.29 is 24.3 Å². The van der Waals surface area contributed by atoms with Crippen LogP contribution in [0.5, 0.6) is 0 Å². The van der Waals surface area contributed by atoms with E-state index >= 15 is 0 Å². The quantitative estimate of drug-likeness (QED) is 0.242. The molecule has 1 fully saturated rings. The number of aliphatic imine (C=N–C) groups is 1. The van der Waals surface area contributed by atoms with Crippen LogP contribution in [0.25, 0.3) is 6.08 Å². The number of rotatable bonds is 5. The lowest BCUT2D eigenvalue weighted by Gasteiger charge is -2.14. The van der Waals surface area contributed by atoms with Gasteiger partial charge < -0.3 is 21.9 Å². The van der Waals surface area contributed by atoms with Crippen LogP contribution in [0.2, 0.25) is 0 Å². The molecule has 0 saturated carbocycles. The van der Waals surface area contributed by atoms with Crippen LogP contribution in [0.1, 0.15) is 22.8 Å². The number of carboxylic acids is 1. The first-order valence-electron chi connectivity index (χ1n) is 7.50. The number of urea groups is 1. The van der Waals surface area contributed by atoms with Crippen LogP contribution < -0.4 is 16.8 Å². The first-order chi connectivity index (χ1) is 12.2. The van der Waals surface area contributed by atoms with Crippen molar-refractivity contribution in [3.63, 3.8) is 0 Å². The van der Waals surface area contributed by atoms with Crippen molar-refractivity contribution >= 4 is 35.9 Å². The van der Waals surface area contributed by atoms with Gasteiger partial charge in [0.25, 0.3) is 11.8 Å². The van der Waals surface area contributed by atoms with Gasteiger partial charge in [0, 0.05) is 12.1 Å². The average molecular weight is 359 g/mol. The van der Waals surface area contributed by atoms with Crippen LogP contribution in [0.15, 0.2) is 35.0 Å². The molecule has 1 aromatic rings. The standard InChI is InChI=1S/C16H17N5O5/c1-8(14(24)25)7-21-13(23)11(19-16(21)26)6-9-2-4-10(5-3-9)12(22)20-15(17)18/h2-6,8H,7H2,1H3,(H,19,26)(H,24,25)(H4,17,18,20,22)/t8-/m0/s1. The Balaban J connectivity index is 2.16. The van der Waals surface area contributed by atoms with Crippen LogP contribution >= 0.6 is 0 Å². The third-order valence-corrected chi connectivity index (χ3v) is 3.54. The fourth-order valence-corrected chi connectivity index (χ4v) is 2.16. The van der Waals surface area contributed by atoms with Gasteiger partial charge in [-0.1, -0.05) is 19.1 Å². The summed E-state index contributed by atoms with van der Waals surface area (Å²) in [6.07, 6.45) is 1.42. The molecular weight excluding hydrogens is 342 g/mol.